The van der Waals surface area contributed by atoms with E-state index in [9.17, 15) is 0 Å². The Morgan fingerprint density at radius 3 is 2.76 bits per heavy atom. The highest BCUT2D eigenvalue weighted by atomic mass is 32.1. The monoisotopic (exact) mass is 308 g/mol. The molecule has 0 aliphatic rings. The van der Waals surface area contributed by atoms with Crippen LogP contribution in [0.5, 0.6) is 5.75 Å². The summed E-state index contributed by atoms with van der Waals surface area (Å²) in [6.45, 7) is 5.81. The van der Waals surface area contributed by atoms with Crippen molar-refractivity contribution < 1.29 is 9.47 Å². The molecule has 0 amide bonds. The topological polar surface area (TPSA) is 39.2 Å². The minimum atomic E-state index is 0.148. The SMILES string of the molecule is COCCCCCn1c(=S)[nH]c2c(OC(C)C)cccc21. The maximum absolute atomic E-state index is 5.85. The van der Waals surface area contributed by atoms with Crippen LogP contribution in [0.1, 0.15) is 33.1 Å². The summed E-state index contributed by atoms with van der Waals surface area (Å²) >= 11 is 5.45. The van der Waals surface area contributed by atoms with E-state index >= 15 is 0 Å². The number of hydrogen-bond donors (Lipinski definition) is 1. The fourth-order valence-electron chi connectivity index (χ4n) is 2.42. The molecule has 1 N–H and O–H groups in total. The van der Waals surface area contributed by atoms with Crippen LogP contribution in [-0.2, 0) is 11.3 Å². The molecule has 0 atom stereocenters. The number of para-hydroxylation sites is 1. The predicted molar refractivity (Wildman–Crippen MR) is 88.6 cm³/mol. The quantitative estimate of drug-likeness (QED) is 0.583. The van der Waals surface area contributed by atoms with E-state index < -0.39 is 0 Å². The van der Waals surface area contributed by atoms with Crippen LogP contribution in [0.4, 0.5) is 0 Å². The van der Waals surface area contributed by atoms with Gasteiger partial charge in [-0.2, -0.15) is 0 Å². The normalized spacial score (nSPS) is 11.4. The molecule has 116 valence electrons. The molecule has 1 heterocycles. The average molecular weight is 308 g/mol. The van der Waals surface area contributed by atoms with Gasteiger partial charge >= 0.3 is 0 Å². The molecule has 4 nitrogen and oxygen atoms in total. The summed E-state index contributed by atoms with van der Waals surface area (Å²) < 4.78 is 13.8. The molecule has 0 spiro atoms. The summed E-state index contributed by atoms with van der Waals surface area (Å²) in [4.78, 5) is 3.28. The first-order chi connectivity index (χ1) is 10.1. The molecular formula is C16H24N2O2S. The molecule has 0 aliphatic carbocycles. The van der Waals surface area contributed by atoms with E-state index in [0.29, 0.717) is 0 Å². The molecule has 0 bridgehead atoms. The van der Waals surface area contributed by atoms with Crippen LogP contribution in [0, 0.1) is 4.77 Å². The van der Waals surface area contributed by atoms with Gasteiger partial charge in [-0.15, -0.1) is 0 Å². The highest BCUT2D eigenvalue weighted by molar-refractivity contribution is 7.71. The van der Waals surface area contributed by atoms with Gasteiger partial charge in [0.25, 0.3) is 0 Å². The molecule has 1 aromatic heterocycles. The number of ether oxygens (including phenoxy) is 2. The first-order valence-corrected chi connectivity index (χ1v) is 7.91. The maximum atomic E-state index is 5.85. The van der Waals surface area contributed by atoms with Crippen LogP contribution >= 0.6 is 12.2 Å². The second kappa shape index (κ2) is 7.61. The largest absolute Gasteiger partial charge is 0.489 e. The number of H-pyrrole nitrogens is 1. The number of fused-ring (bicyclic) bond motifs is 1. The zero-order valence-electron chi connectivity index (χ0n) is 13.0. The first kappa shape index (κ1) is 16.0. The lowest BCUT2D eigenvalue weighted by Gasteiger charge is -2.10. The van der Waals surface area contributed by atoms with E-state index in [1.807, 2.05) is 26.0 Å². The number of unbranched alkanes of at least 4 members (excludes halogenated alkanes) is 2. The van der Waals surface area contributed by atoms with Gasteiger partial charge in [0.1, 0.15) is 11.3 Å². The third-order valence-corrected chi connectivity index (χ3v) is 3.69. The van der Waals surface area contributed by atoms with Crippen LogP contribution in [-0.4, -0.2) is 29.4 Å². The number of imidazole rings is 1. The van der Waals surface area contributed by atoms with Gasteiger partial charge < -0.3 is 19.0 Å². The lowest BCUT2D eigenvalue weighted by molar-refractivity contribution is 0.191. The Morgan fingerprint density at radius 1 is 1.24 bits per heavy atom. The molecule has 1 aromatic carbocycles. The zero-order valence-corrected chi connectivity index (χ0v) is 13.8. The number of nitrogens with zero attached hydrogens (tertiary/aromatic N) is 1. The van der Waals surface area contributed by atoms with Crippen molar-refractivity contribution in [2.75, 3.05) is 13.7 Å². The Balaban J connectivity index is 2.17. The standard InChI is InChI=1S/C16H24N2O2S/c1-12(2)20-14-9-7-8-13-15(14)17-16(21)18(13)10-5-4-6-11-19-3/h7-9,12H,4-6,10-11H2,1-3H3,(H,17,21). The molecule has 0 fully saturated rings. The Morgan fingerprint density at radius 2 is 2.05 bits per heavy atom. The van der Waals surface area contributed by atoms with Crippen molar-refractivity contribution in [1.29, 1.82) is 0 Å². The van der Waals surface area contributed by atoms with Crippen molar-refractivity contribution in [2.45, 2.75) is 45.8 Å². The fraction of sp³-hybridized carbons (Fsp3) is 0.562. The molecule has 0 aliphatic heterocycles. The maximum Gasteiger partial charge on any atom is 0.178 e. The summed E-state index contributed by atoms with van der Waals surface area (Å²) in [6.07, 6.45) is 3.48. The Kier molecular flexibility index (Phi) is 5.82. The fourth-order valence-corrected chi connectivity index (χ4v) is 2.71. The molecule has 2 aromatic rings. The summed E-state index contributed by atoms with van der Waals surface area (Å²) in [5, 5.41) is 0. The summed E-state index contributed by atoms with van der Waals surface area (Å²) in [6, 6.07) is 6.09. The molecule has 0 saturated heterocycles. The molecular weight excluding hydrogens is 284 g/mol. The van der Waals surface area contributed by atoms with E-state index in [-0.39, 0.29) is 6.10 Å². The number of hydrogen-bond acceptors (Lipinski definition) is 3. The van der Waals surface area contributed by atoms with E-state index in [2.05, 4.69) is 15.6 Å². The number of benzene rings is 1. The van der Waals surface area contributed by atoms with Crippen LogP contribution in [0.15, 0.2) is 18.2 Å². The average Bonchev–Trinajstić information content (AvgIpc) is 2.76. The second-order valence-corrected chi connectivity index (χ2v) is 5.84. The van der Waals surface area contributed by atoms with Crippen LogP contribution in [0.25, 0.3) is 11.0 Å². The minimum absolute atomic E-state index is 0.148. The molecule has 2 rings (SSSR count). The van der Waals surface area contributed by atoms with E-state index in [4.69, 9.17) is 21.7 Å². The predicted octanol–water partition coefficient (Wildman–Crippen LogP) is 4.30. The lowest BCUT2D eigenvalue weighted by atomic mass is 10.2. The van der Waals surface area contributed by atoms with Crippen molar-refractivity contribution in [2.24, 2.45) is 0 Å². The number of aromatic amines is 1. The summed E-state index contributed by atoms with van der Waals surface area (Å²) in [5.41, 5.74) is 2.11. The van der Waals surface area contributed by atoms with Gasteiger partial charge in [-0.05, 0) is 57.5 Å². The molecule has 0 unspecified atom stereocenters. The van der Waals surface area contributed by atoms with E-state index in [0.717, 1.165) is 54.0 Å². The molecule has 0 saturated carbocycles. The number of aryl methyl sites for hydroxylation is 1. The molecule has 0 radical (unpaired) electrons. The van der Waals surface area contributed by atoms with Gasteiger partial charge in [-0.3, -0.25) is 0 Å². The Bertz CT molecular complexity index is 631. The Hall–Kier alpha value is -1.33. The van der Waals surface area contributed by atoms with Crippen molar-refractivity contribution in [1.82, 2.24) is 9.55 Å². The highest BCUT2D eigenvalue weighted by Crippen LogP contribution is 2.26. The summed E-state index contributed by atoms with van der Waals surface area (Å²) in [5.74, 6) is 0.867. The van der Waals surface area contributed by atoms with Crippen molar-refractivity contribution >= 4 is 23.3 Å². The van der Waals surface area contributed by atoms with Crippen LogP contribution < -0.4 is 4.74 Å². The van der Waals surface area contributed by atoms with Crippen LogP contribution in [0.3, 0.4) is 0 Å². The number of aromatic nitrogens is 2. The minimum Gasteiger partial charge on any atom is -0.489 e. The number of methoxy groups -OCH3 is 1. The first-order valence-electron chi connectivity index (χ1n) is 7.50. The number of rotatable bonds is 8. The number of nitrogens with one attached hydrogen (secondary N) is 1. The van der Waals surface area contributed by atoms with Crippen LogP contribution in [0.2, 0.25) is 0 Å². The van der Waals surface area contributed by atoms with Crippen molar-refractivity contribution in [3.8, 4) is 5.75 Å². The van der Waals surface area contributed by atoms with E-state index in [1.165, 1.54) is 0 Å². The van der Waals surface area contributed by atoms with Gasteiger partial charge in [-0.25, -0.2) is 0 Å². The van der Waals surface area contributed by atoms with Gasteiger partial charge in [0.05, 0.1) is 11.6 Å². The Labute approximate surface area is 131 Å². The van der Waals surface area contributed by atoms with Crippen molar-refractivity contribution in [3.63, 3.8) is 0 Å². The third-order valence-electron chi connectivity index (χ3n) is 3.36. The van der Waals surface area contributed by atoms with Gasteiger partial charge in [-0.1, -0.05) is 6.07 Å². The highest BCUT2D eigenvalue weighted by Gasteiger charge is 2.10. The third kappa shape index (κ3) is 4.08. The van der Waals surface area contributed by atoms with Gasteiger partial charge in [0, 0.05) is 20.3 Å². The molecule has 5 heteroatoms. The van der Waals surface area contributed by atoms with Gasteiger partial charge in [0.15, 0.2) is 4.77 Å². The summed E-state index contributed by atoms with van der Waals surface area (Å²) in [7, 11) is 1.74. The van der Waals surface area contributed by atoms with Gasteiger partial charge in [0.2, 0.25) is 0 Å². The van der Waals surface area contributed by atoms with E-state index in [1.54, 1.807) is 7.11 Å². The lowest BCUT2D eigenvalue weighted by Crippen LogP contribution is -2.05. The zero-order chi connectivity index (χ0) is 15.2. The smallest absolute Gasteiger partial charge is 0.178 e. The second-order valence-electron chi connectivity index (χ2n) is 5.45. The van der Waals surface area contributed by atoms with Crippen molar-refractivity contribution in [3.05, 3.63) is 23.0 Å². The molecule has 21 heavy (non-hydrogen) atoms.